The van der Waals surface area contributed by atoms with Crippen LogP contribution in [-0.2, 0) is 14.3 Å². The van der Waals surface area contributed by atoms with Crippen molar-refractivity contribution >= 4 is 23.5 Å². The van der Waals surface area contributed by atoms with E-state index < -0.39 is 5.97 Å². The molecule has 32 heavy (non-hydrogen) atoms. The molecule has 1 saturated carbocycles. The number of ether oxygens (including phenoxy) is 4. The lowest BCUT2D eigenvalue weighted by Gasteiger charge is -2.48. The SMILES string of the molecule is O=C(COC(=O)c1cc(Cl)c2c(c1)OCCCO2)NCC1(N2CCOCC2)CCCCC1. The van der Waals surface area contributed by atoms with Crippen molar-refractivity contribution in [1.82, 2.24) is 10.2 Å². The second-order valence-electron chi connectivity index (χ2n) is 8.57. The Bertz CT molecular complexity index is 821. The van der Waals surface area contributed by atoms with E-state index in [0.29, 0.717) is 31.3 Å². The number of hydrogen-bond acceptors (Lipinski definition) is 7. The summed E-state index contributed by atoms with van der Waals surface area (Å²) in [4.78, 5) is 27.5. The monoisotopic (exact) mass is 466 g/mol. The smallest absolute Gasteiger partial charge is 0.338 e. The van der Waals surface area contributed by atoms with Crippen LogP contribution in [0, 0.1) is 0 Å². The number of amides is 1. The maximum Gasteiger partial charge on any atom is 0.338 e. The summed E-state index contributed by atoms with van der Waals surface area (Å²) in [6.07, 6.45) is 6.40. The molecule has 2 fully saturated rings. The fourth-order valence-corrected chi connectivity index (χ4v) is 4.99. The predicted molar refractivity (Wildman–Crippen MR) is 119 cm³/mol. The number of benzene rings is 1. The molecule has 1 N–H and O–H groups in total. The number of rotatable bonds is 6. The number of nitrogens with zero attached hydrogens (tertiary/aromatic N) is 1. The van der Waals surface area contributed by atoms with E-state index in [9.17, 15) is 9.59 Å². The van der Waals surface area contributed by atoms with Gasteiger partial charge in [-0.3, -0.25) is 9.69 Å². The second kappa shape index (κ2) is 10.7. The molecule has 1 amide bonds. The molecule has 176 valence electrons. The first-order chi connectivity index (χ1) is 15.6. The highest BCUT2D eigenvalue weighted by Crippen LogP contribution is 2.38. The number of fused-ring (bicyclic) bond motifs is 1. The summed E-state index contributed by atoms with van der Waals surface area (Å²) in [6.45, 7) is 4.42. The molecule has 8 nitrogen and oxygen atoms in total. The van der Waals surface area contributed by atoms with Crippen molar-refractivity contribution in [1.29, 1.82) is 0 Å². The Kier molecular flexibility index (Phi) is 7.75. The fourth-order valence-electron chi connectivity index (χ4n) is 4.73. The minimum absolute atomic E-state index is 0.0381. The van der Waals surface area contributed by atoms with Crippen molar-refractivity contribution in [2.75, 3.05) is 52.7 Å². The molecule has 1 aromatic rings. The summed E-state index contributed by atoms with van der Waals surface area (Å²) in [6, 6.07) is 3.02. The van der Waals surface area contributed by atoms with E-state index in [1.54, 1.807) is 6.07 Å². The van der Waals surface area contributed by atoms with Gasteiger partial charge in [0.25, 0.3) is 5.91 Å². The summed E-state index contributed by atoms with van der Waals surface area (Å²) in [7, 11) is 0. The first-order valence-electron chi connectivity index (χ1n) is 11.4. The zero-order valence-electron chi connectivity index (χ0n) is 18.3. The van der Waals surface area contributed by atoms with Gasteiger partial charge >= 0.3 is 5.97 Å². The number of hydrogen-bond donors (Lipinski definition) is 1. The quantitative estimate of drug-likeness (QED) is 0.645. The molecule has 3 aliphatic rings. The minimum atomic E-state index is -0.627. The summed E-state index contributed by atoms with van der Waals surface area (Å²) < 4.78 is 21.9. The second-order valence-corrected chi connectivity index (χ2v) is 8.98. The molecule has 4 rings (SSSR count). The van der Waals surface area contributed by atoms with E-state index in [0.717, 1.165) is 58.4 Å². The Morgan fingerprint density at radius 2 is 1.78 bits per heavy atom. The van der Waals surface area contributed by atoms with Crippen LogP contribution in [0.25, 0.3) is 0 Å². The van der Waals surface area contributed by atoms with Crippen LogP contribution >= 0.6 is 11.6 Å². The van der Waals surface area contributed by atoms with Crippen LogP contribution in [0.4, 0.5) is 0 Å². The number of morpholine rings is 1. The molecule has 0 unspecified atom stereocenters. The van der Waals surface area contributed by atoms with Crippen molar-refractivity contribution < 1.29 is 28.5 Å². The van der Waals surface area contributed by atoms with Gasteiger partial charge in [-0.2, -0.15) is 0 Å². The van der Waals surface area contributed by atoms with E-state index in [2.05, 4.69) is 10.2 Å². The van der Waals surface area contributed by atoms with E-state index in [1.807, 2.05) is 0 Å². The molecule has 1 aliphatic carbocycles. The van der Waals surface area contributed by atoms with Crippen LogP contribution in [0.1, 0.15) is 48.9 Å². The molecule has 2 heterocycles. The van der Waals surface area contributed by atoms with Gasteiger partial charge in [-0.25, -0.2) is 4.79 Å². The Balaban J connectivity index is 1.32. The van der Waals surface area contributed by atoms with Crippen LogP contribution in [0.3, 0.4) is 0 Å². The maximum atomic E-state index is 12.5. The normalized spacial score (nSPS) is 20.8. The van der Waals surface area contributed by atoms with Crippen molar-refractivity contribution in [3.8, 4) is 11.5 Å². The molecule has 0 aromatic heterocycles. The Morgan fingerprint density at radius 1 is 1.03 bits per heavy atom. The molecule has 0 spiro atoms. The van der Waals surface area contributed by atoms with E-state index in [1.165, 1.54) is 12.5 Å². The lowest BCUT2D eigenvalue weighted by atomic mass is 9.79. The van der Waals surface area contributed by atoms with Gasteiger partial charge in [0.2, 0.25) is 0 Å². The standard InChI is InChI=1S/C23H31ClN2O6/c24-18-13-17(14-19-21(18)31-10-4-9-30-19)22(28)32-15-20(27)25-16-23(5-2-1-3-6-23)26-7-11-29-12-8-26/h13-14H,1-12,15-16H2,(H,25,27). The number of esters is 1. The zero-order valence-corrected chi connectivity index (χ0v) is 19.1. The van der Waals surface area contributed by atoms with Crippen molar-refractivity contribution in [2.45, 2.75) is 44.1 Å². The lowest BCUT2D eigenvalue weighted by Crippen LogP contribution is -2.59. The van der Waals surface area contributed by atoms with Crippen LogP contribution in [-0.4, -0.2) is 75.0 Å². The highest BCUT2D eigenvalue weighted by atomic mass is 35.5. The molecule has 1 aromatic carbocycles. The van der Waals surface area contributed by atoms with Gasteiger partial charge in [0, 0.05) is 31.6 Å². The molecule has 0 radical (unpaired) electrons. The average Bonchev–Trinajstić information content (AvgIpc) is 3.08. The van der Waals surface area contributed by atoms with Crippen molar-refractivity contribution in [3.63, 3.8) is 0 Å². The van der Waals surface area contributed by atoms with Gasteiger partial charge < -0.3 is 24.3 Å². The molecule has 0 atom stereocenters. The fraction of sp³-hybridized carbons (Fsp3) is 0.652. The van der Waals surface area contributed by atoms with E-state index in [4.69, 9.17) is 30.5 Å². The lowest BCUT2D eigenvalue weighted by molar-refractivity contribution is -0.125. The van der Waals surface area contributed by atoms with Crippen LogP contribution in [0.5, 0.6) is 11.5 Å². The Hall–Kier alpha value is -2.03. The summed E-state index contributed by atoms with van der Waals surface area (Å²) in [5.74, 6) is -0.0919. The molecule has 0 bridgehead atoms. The zero-order chi connectivity index (χ0) is 22.4. The summed E-state index contributed by atoms with van der Waals surface area (Å²) in [5, 5.41) is 3.28. The summed E-state index contributed by atoms with van der Waals surface area (Å²) in [5.41, 5.74) is 0.188. The topological polar surface area (TPSA) is 86.3 Å². The number of carbonyl (C=O) groups excluding carboxylic acids is 2. The predicted octanol–water partition coefficient (Wildman–Crippen LogP) is 2.81. The van der Waals surface area contributed by atoms with Gasteiger partial charge in [0.1, 0.15) is 0 Å². The van der Waals surface area contributed by atoms with E-state index in [-0.39, 0.29) is 28.6 Å². The van der Waals surface area contributed by atoms with Gasteiger partial charge in [0.15, 0.2) is 18.1 Å². The first kappa shape index (κ1) is 23.1. The van der Waals surface area contributed by atoms with Crippen LogP contribution < -0.4 is 14.8 Å². The third-order valence-corrected chi connectivity index (χ3v) is 6.73. The number of halogens is 1. The largest absolute Gasteiger partial charge is 0.489 e. The van der Waals surface area contributed by atoms with Crippen molar-refractivity contribution in [2.24, 2.45) is 0 Å². The van der Waals surface area contributed by atoms with Crippen LogP contribution in [0.2, 0.25) is 5.02 Å². The van der Waals surface area contributed by atoms with Gasteiger partial charge in [-0.1, -0.05) is 30.9 Å². The maximum absolute atomic E-state index is 12.5. The molecule has 9 heteroatoms. The van der Waals surface area contributed by atoms with Gasteiger partial charge in [0.05, 0.1) is 37.0 Å². The van der Waals surface area contributed by atoms with Crippen molar-refractivity contribution in [3.05, 3.63) is 22.7 Å². The van der Waals surface area contributed by atoms with E-state index >= 15 is 0 Å². The minimum Gasteiger partial charge on any atom is -0.489 e. The highest BCUT2D eigenvalue weighted by molar-refractivity contribution is 6.32. The molecular formula is C23H31ClN2O6. The number of nitrogens with one attached hydrogen (secondary N) is 1. The van der Waals surface area contributed by atoms with Crippen LogP contribution in [0.15, 0.2) is 12.1 Å². The first-order valence-corrected chi connectivity index (χ1v) is 11.8. The highest BCUT2D eigenvalue weighted by Gasteiger charge is 2.38. The van der Waals surface area contributed by atoms with Gasteiger partial charge in [-0.15, -0.1) is 0 Å². The third kappa shape index (κ3) is 5.47. The Labute approximate surface area is 193 Å². The average molecular weight is 467 g/mol. The number of carbonyl (C=O) groups is 2. The van der Waals surface area contributed by atoms with Gasteiger partial charge in [-0.05, 0) is 25.0 Å². The molecule has 1 saturated heterocycles. The summed E-state index contributed by atoms with van der Waals surface area (Å²) >= 11 is 6.25. The third-order valence-electron chi connectivity index (χ3n) is 6.45. The molecular weight excluding hydrogens is 436 g/mol. The molecule has 2 aliphatic heterocycles. The Morgan fingerprint density at radius 3 is 2.56 bits per heavy atom.